The Morgan fingerprint density at radius 3 is 2.37 bits per heavy atom. The molecule has 1 atom stereocenters. The van der Waals surface area contributed by atoms with Gasteiger partial charge in [-0.25, -0.2) is 9.13 Å². The predicted molar refractivity (Wildman–Crippen MR) is 68.4 cm³/mol. The smallest absolute Gasteiger partial charge is 0.321 e. The number of hydrogen-bond donors (Lipinski definition) is 3. The number of rotatable bonds is 6. The second kappa shape index (κ2) is 9.09. The first kappa shape index (κ1) is 17.1. The van der Waals surface area contributed by atoms with Crippen LogP contribution in [0.3, 0.4) is 0 Å². The van der Waals surface area contributed by atoms with Crippen LogP contribution in [0.2, 0.25) is 0 Å². The van der Waals surface area contributed by atoms with Gasteiger partial charge in [-0.2, -0.15) is 0 Å². The summed E-state index contributed by atoms with van der Waals surface area (Å²) in [6, 6.07) is -1.29. The van der Waals surface area contributed by atoms with Gasteiger partial charge in [0.15, 0.2) is 0 Å². The van der Waals surface area contributed by atoms with E-state index in [4.69, 9.17) is 15.9 Å². The minimum Gasteiger partial charge on any atom is -0.481 e. The first-order chi connectivity index (χ1) is 8.86. The Bertz CT molecular complexity index is 403. The number of nitrogens with zero attached hydrogens (tertiary/aromatic N) is 2. The van der Waals surface area contributed by atoms with Gasteiger partial charge in [0.1, 0.15) is 18.4 Å². The van der Waals surface area contributed by atoms with E-state index < -0.39 is 24.4 Å². The van der Waals surface area contributed by atoms with Crippen molar-refractivity contribution in [2.45, 2.75) is 38.8 Å². The number of aromatic nitrogens is 2. The number of hydrogen-bond acceptors (Lipinski definition) is 3. The molecular weight excluding hydrogens is 250 g/mol. The van der Waals surface area contributed by atoms with Crippen molar-refractivity contribution in [3.05, 3.63) is 18.7 Å². The Balaban J connectivity index is 0.000000344. The molecule has 7 nitrogen and oxygen atoms in total. The topological polar surface area (TPSA) is 109 Å². The van der Waals surface area contributed by atoms with Crippen molar-refractivity contribution >= 4 is 11.9 Å². The van der Waals surface area contributed by atoms with E-state index >= 15 is 0 Å². The normalized spacial score (nSPS) is 11.3. The molecule has 0 bridgehead atoms. The van der Waals surface area contributed by atoms with Gasteiger partial charge in [0.25, 0.3) is 0 Å². The van der Waals surface area contributed by atoms with E-state index in [0.29, 0.717) is 0 Å². The molecular formula is C12H22N3O4+. The van der Waals surface area contributed by atoms with Crippen LogP contribution in [0.15, 0.2) is 18.7 Å². The van der Waals surface area contributed by atoms with E-state index in [2.05, 4.69) is 34.8 Å². The minimum atomic E-state index is -1.29. The molecule has 1 aromatic heterocycles. The number of unbranched alkanes of at least 4 members (excludes halogenated alkanes) is 1. The van der Waals surface area contributed by atoms with Gasteiger partial charge in [-0.1, -0.05) is 13.3 Å². The molecule has 0 saturated carbocycles. The number of nitrogens with two attached hydrogens (primary N) is 1. The Morgan fingerprint density at radius 2 is 2.05 bits per heavy atom. The molecule has 0 fully saturated rings. The molecule has 108 valence electrons. The fourth-order valence-electron chi connectivity index (χ4n) is 1.25. The van der Waals surface area contributed by atoms with Crippen LogP contribution in [0.1, 0.15) is 26.2 Å². The monoisotopic (exact) mass is 272 g/mol. The maximum atomic E-state index is 9.85. The maximum Gasteiger partial charge on any atom is 0.321 e. The zero-order valence-electron chi connectivity index (χ0n) is 11.3. The number of imidazole rings is 1. The number of carboxylic acids is 2. The highest BCUT2D eigenvalue weighted by Gasteiger charge is 2.14. The third kappa shape index (κ3) is 8.78. The summed E-state index contributed by atoms with van der Waals surface area (Å²) in [6.45, 7) is 3.36. The first-order valence-electron chi connectivity index (χ1n) is 6.08. The molecule has 7 heteroatoms. The van der Waals surface area contributed by atoms with E-state index in [1.165, 1.54) is 12.8 Å². The van der Waals surface area contributed by atoms with Crippen molar-refractivity contribution in [2.24, 2.45) is 12.8 Å². The van der Waals surface area contributed by atoms with E-state index in [1.807, 2.05) is 7.05 Å². The molecule has 1 rings (SSSR count). The average Bonchev–Trinajstić information content (AvgIpc) is 2.72. The largest absolute Gasteiger partial charge is 0.481 e. The Morgan fingerprint density at radius 1 is 1.42 bits per heavy atom. The summed E-state index contributed by atoms with van der Waals surface area (Å²) < 4.78 is 4.28. The highest BCUT2D eigenvalue weighted by molar-refractivity contribution is 5.80. The second-order valence-corrected chi connectivity index (χ2v) is 4.21. The van der Waals surface area contributed by atoms with Gasteiger partial charge in [0, 0.05) is 0 Å². The van der Waals surface area contributed by atoms with Gasteiger partial charge in [-0.05, 0) is 6.42 Å². The SMILES string of the molecule is CCCCn1cc[n+](C)c1.NC(CC(=O)O)C(=O)O. The lowest BCUT2D eigenvalue weighted by Crippen LogP contribution is -2.32. The third-order valence-electron chi connectivity index (χ3n) is 2.31. The highest BCUT2D eigenvalue weighted by atomic mass is 16.4. The van der Waals surface area contributed by atoms with E-state index in [0.717, 1.165) is 6.54 Å². The Labute approximate surface area is 112 Å². The lowest BCUT2D eigenvalue weighted by atomic mass is 10.2. The molecule has 0 aliphatic rings. The lowest BCUT2D eigenvalue weighted by molar-refractivity contribution is -0.671. The molecule has 1 heterocycles. The van der Waals surface area contributed by atoms with E-state index in [9.17, 15) is 9.59 Å². The van der Waals surface area contributed by atoms with Crippen LogP contribution < -0.4 is 10.3 Å². The quantitative estimate of drug-likeness (QED) is 0.631. The van der Waals surface area contributed by atoms with Gasteiger partial charge in [-0.3, -0.25) is 9.59 Å². The van der Waals surface area contributed by atoms with Crippen LogP contribution in [0.5, 0.6) is 0 Å². The summed E-state index contributed by atoms with van der Waals surface area (Å²) in [5.74, 6) is -2.50. The summed E-state index contributed by atoms with van der Waals surface area (Å²) in [7, 11) is 2.04. The minimum absolute atomic E-state index is 0.532. The van der Waals surface area contributed by atoms with Gasteiger partial charge in [0.2, 0.25) is 6.33 Å². The standard InChI is InChI=1S/C8H15N2.C4H7NO4/c1-3-4-5-10-7-6-9(2)8-10;5-2(4(8)9)1-3(6)7/h6-8H,3-5H2,1-2H3;2H,1,5H2,(H,6,7)(H,8,9)/q+1;. The Kier molecular flexibility index (Phi) is 8.19. The highest BCUT2D eigenvalue weighted by Crippen LogP contribution is 1.91. The first-order valence-corrected chi connectivity index (χ1v) is 6.08. The van der Waals surface area contributed by atoms with Crippen LogP contribution in [0, 0.1) is 0 Å². The summed E-state index contributed by atoms with van der Waals surface area (Å²) in [5, 5.41) is 16.0. The zero-order valence-corrected chi connectivity index (χ0v) is 11.3. The van der Waals surface area contributed by atoms with Crippen molar-refractivity contribution in [1.82, 2.24) is 4.57 Å². The molecule has 0 aromatic carbocycles. The summed E-state index contributed by atoms with van der Waals surface area (Å²) in [4.78, 5) is 19.6. The second-order valence-electron chi connectivity index (χ2n) is 4.21. The zero-order chi connectivity index (χ0) is 14.8. The van der Waals surface area contributed by atoms with Crippen molar-refractivity contribution < 1.29 is 24.4 Å². The molecule has 0 amide bonds. The fourth-order valence-corrected chi connectivity index (χ4v) is 1.25. The molecule has 19 heavy (non-hydrogen) atoms. The van der Waals surface area contributed by atoms with Gasteiger partial charge in [0.05, 0.1) is 20.0 Å². The van der Waals surface area contributed by atoms with E-state index in [1.54, 1.807) is 0 Å². The van der Waals surface area contributed by atoms with Gasteiger partial charge < -0.3 is 15.9 Å². The van der Waals surface area contributed by atoms with Crippen LogP contribution in [0.4, 0.5) is 0 Å². The number of carboxylic acid groups (broad SMARTS) is 2. The fraction of sp³-hybridized carbons (Fsp3) is 0.583. The van der Waals surface area contributed by atoms with E-state index in [-0.39, 0.29) is 0 Å². The average molecular weight is 272 g/mol. The molecule has 4 N–H and O–H groups in total. The van der Waals surface area contributed by atoms with Crippen molar-refractivity contribution in [1.29, 1.82) is 0 Å². The molecule has 1 aromatic rings. The summed E-state index contributed by atoms with van der Waals surface area (Å²) >= 11 is 0. The third-order valence-corrected chi connectivity index (χ3v) is 2.31. The number of carbonyl (C=O) groups is 2. The molecule has 0 spiro atoms. The molecule has 1 unspecified atom stereocenters. The molecule has 0 aliphatic carbocycles. The Hall–Kier alpha value is -1.89. The van der Waals surface area contributed by atoms with Crippen LogP contribution >= 0.6 is 0 Å². The molecule has 0 aliphatic heterocycles. The van der Waals surface area contributed by atoms with Gasteiger partial charge in [-0.15, -0.1) is 0 Å². The van der Waals surface area contributed by atoms with Crippen molar-refractivity contribution in [2.75, 3.05) is 0 Å². The predicted octanol–water partition coefficient (Wildman–Crippen LogP) is -0.0143. The lowest BCUT2D eigenvalue weighted by Gasteiger charge is -1.99. The van der Waals surface area contributed by atoms with Crippen LogP contribution in [-0.4, -0.2) is 32.8 Å². The van der Waals surface area contributed by atoms with Crippen molar-refractivity contribution in [3.8, 4) is 0 Å². The van der Waals surface area contributed by atoms with Crippen LogP contribution in [-0.2, 0) is 23.2 Å². The van der Waals surface area contributed by atoms with Crippen molar-refractivity contribution in [3.63, 3.8) is 0 Å². The van der Waals surface area contributed by atoms with Gasteiger partial charge >= 0.3 is 11.9 Å². The number of aryl methyl sites for hydroxylation is 2. The number of aliphatic carboxylic acids is 2. The molecule has 0 radical (unpaired) electrons. The molecule has 0 saturated heterocycles. The van der Waals surface area contributed by atoms with Crippen LogP contribution in [0.25, 0.3) is 0 Å². The summed E-state index contributed by atoms with van der Waals surface area (Å²) in [6.07, 6.45) is 8.28. The maximum absolute atomic E-state index is 9.85. The summed E-state index contributed by atoms with van der Waals surface area (Å²) in [5.41, 5.74) is 4.84.